The molecule has 0 bridgehead atoms. The number of hydrogen-bond donors (Lipinski definition) is 1. The van der Waals surface area contributed by atoms with E-state index < -0.39 is 0 Å². The molecule has 0 atom stereocenters. The lowest BCUT2D eigenvalue weighted by Gasteiger charge is -2.12. The molecule has 2 aromatic rings. The molecule has 0 unspecified atom stereocenters. The lowest BCUT2D eigenvalue weighted by molar-refractivity contribution is -0.121. The molecule has 0 fully saturated rings. The van der Waals surface area contributed by atoms with E-state index in [1.54, 1.807) is 4.68 Å². The summed E-state index contributed by atoms with van der Waals surface area (Å²) in [6.07, 6.45) is 1.90. The number of amides is 1. The standard InChI is InChI=1S/C18H26N4O/c1-14-12-15(2)22(20-14)13-18(23)19-11-5-6-16-7-9-17(10-8-16)21(3)4/h7-10,12H,5-6,11,13H2,1-4H3,(H,19,23). The zero-order valence-corrected chi connectivity index (χ0v) is 14.5. The summed E-state index contributed by atoms with van der Waals surface area (Å²) in [7, 11) is 4.07. The summed E-state index contributed by atoms with van der Waals surface area (Å²) in [6.45, 7) is 4.87. The summed E-state index contributed by atoms with van der Waals surface area (Å²) < 4.78 is 1.74. The zero-order valence-electron chi connectivity index (χ0n) is 14.5. The minimum Gasteiger partial charge on any atom is -0.378 e. The molecule has 0 aliphatic heterocycles. The van der Waals surface area contributed by atoms with E-state index in [9.17, 15) is 4.79 Å². The Bertz CT molecular complexity index is 644. The van der Waals surface area contributed by atoms with Gasteiger partial charge in [-0.1, -0.05) is 12.1 Å². The van der Waals surface area contributed by atoms with E-state index in [1.165, 1.54) is 11.3 Å². The van der Waals surface area contributed by atoms with Crippen LogP contribution in [-0.2, 0) is 17.8 Å². The third-order valence-corrected chi connectivity index (χ3v) is 3.81. The highest BCUT2D eigenvalue weighted by Gasteiger charge is 2.06. The maximum Gasteiger partial charge on any atom is 0.241 e. The molecule has 23 heavy (non-hydrogen) atoms. The lowest BCUT2D eigenvalue weighted by atomic mass is 10.1. The van der Waals surface area contributed by atoms with E-state index in [2.05, 4.69) is 39.6 Å². The topological polar surface area (TPSA) is 50.2 Å². The minimum atomic E-state index is 0.0131. The number of aryl methyl sites for hydroxylation is 3. The van der Waals surface area contributed by atoms with E-state index in [1.807, 2.05) is 34.0 Å². The van der Waals surface area contributed by atoms with Gasteiger partial charge in [-0.2, -0.15) is 5.10 Å². The van der Waals surface area contributed by atoms with Crippen LogP contribution in [0.3, 0.4) is 0 Å². The van der Waals surface area contributed by atoms with Gasteiger partial charge in [0, 0.05) is 32.0 Å². The molecule has 5 nitrogen and oxygen atoms in total. The average Bonchev–Trinajstić information content (AvgIpc) is 2.82. The molecule has 0 radical (unpaired) electrons. The number of rotatable bonds is 7. The fourth-order valence-corrected chi connectivity index (χ4v) is 2.51. The number of nitrogens with zero attached hydrogens (tertiary/aromatic N) is 3. The van der Waals surface area contributed by atoms with Gasteiger partial charge in [-0.3, -0.25) is 9.48 Å². The molecular formula is C18H26N4O. The SMILES string of the molecule is Cc1cc(C)n(CC(=O)NCCCc2ccc(N(C)C)cc2)n1. The van der Waals surface area contributed by atoms with Crippen LogP contribution in [0.25, 0.3) is 0 Å². The van der Waals surface area contributed by atoms with Crippen LogP contribution in [0.1, 0.15) is 23.4 Å². The van der Waals surface area contributed by atoms with Crippen LogP contribution in [0.15, 0.2) is 30.3 Å². The predicted molar refractivity (Wildman–Crippen MR) is 93.8 cm³/mol. The van der Waals surface area contributed by atoms with Crippen molar-refractivity contribution in [2.24, 2.45) is 0 Å². The van der Waals surface area contributed by atoms with Crippen molar-refractivity contribution in [1.29, 1.82) is 0 Å². The first-order valence-electron chi connectivity index (χ1n) is 7.99. The molecule has 5 heteroatoms. The van der Waals surface area contributed by atoms with Crippen LogP contribution in [0, 0.1) is 13.8 Å². The first kappa shape index (κ1) is 17.1. The Hall–Kier alpha value is -2.30. The molecule has 1 aromatic carbocycles. The molecule has 2 rings (SSSR count). The van der Waals surface area contributed by atoms with Gasteiger partial charge >= 0.3 is 0 Å². The van der Waals surface area contributed by atoms with Gasteiger partial charge in [0.25, 0.3) is 0 Å². The number of hydrogen-bond acceptors (Lipinski definition) is 3. The summed E-state index contributed by atoms with van der Waals surface area (Å²) in [5.74, 6) is 0.0131. The van der Waals surface area contributed by atoms with Gasteiger partial charge in [-0.05, 0) is 50.5 Å². The van der Waals surface area contributed by atoms with E-state index in [-0.39, 0.29) is 12.5 Å². The van der Waals surface area contributed by atoms with Gasteiger partial charge in [0.1, 0.15) is 6.54 Å². The normalized spacial score (nSPS) is 10.6. The van der Waals surface area contributed by atoms with Crippen LogP contribution in [-0.4, -0.2) is 36.3 Å². The van der Waals surface area contributed by atoms with Gasteiger partial charge < -0.3 is 10.2 Å². The minimum absolute atomic E-state index is 0.0131. The van der Waals surface area contributed by atoms with Gasteiger partial charge in [-0.25, -0.2) is 0 Å². The van der Waals surface area contributed by atoms with Gasteiger partial charge in [0.05, 0.1) is 5.69 Å². The maximum absolute atomic E-state index is 11.9. The van der Waals surface area contributed by atoms with E-state index in [0.717, 1.165) is 24.2 Å². The van der Waals surface area contributed by atoms with E-state index in [4.69, 9.17) is 0 Å². The molecule has 1 N–H and O–H groups in total. The molecule has 0 saturated heterocycles. The fourth-order valence-electron chi connectivity index (χ4n) is 2.51. The largest absolute Gasteiger partial charge is 0.378 e. The first-order valence-corrected chi connectivity index (χ1v) is 7.99. The van der Waals surface area contributed by atoms with Crippen LogP contribution in [0.5, 0.6) is 0 Å². The van der Waals surface area contributed by atoms with E-state index >= 15 is 0 Å². The summed E-state index contributed by atoms with van der Waals surface area (Å²) in [5.41, 5.74) is 4.45. The van der Waals surface area contributed by atoms with Crippen molar-refractivity contribution >= 4 is 11.6 Å². The van der Waals surface area contributed by atoms with Gasteiger partial charge in [-0.15, -0.1) is 0 Å². The van der Waals surface area contributed by atoms with Crippen LogP contribution in [0.2, 0.25) is 0 Å². The second-order valence-electron chi connectivity index (χ2n) is 6.10. The van der Waals surface area contributed by atoms with Gasteiger partial charge in [0.2, 0.25) is 5.91 Å². The van der Waals surface area contributed by atoms with Crippen molar-refractivity contribution < 1.29 is 4.79 Å². The number of carbonyl (C=O) groups excluding carboxylic acids is 1. The Morgan fingerprint density at radius 2 is 1.91 bits per heavy atom. The third-order valence-electron chi connectivity index (χ3n) is 3.81. The smallest absolute Gasteiger partial charge is 0.241 e. The highest BCUT2D eigenvalue weighted by atomic mass is 16.2. The quantitative estimate of drug-likeness (QED) is 0.798. The van der Waals surface area contributed by atoms with Crippen molar-refractivity contribution in [3.05, 3.63) is 47.3 Å². The van der Waals surface area contributed by atoms with Crippen molar-refractivity contribution in [3.8, 4) is 0 Å². The maximum atomic E-state index is 11.9. The molecule has 1 aromatic heterocycles. The Balaban J connectivity index is 1.70. The number of nitrogens with one attached hydrogen (secondary N) is 1. The van der Waals surface area contributed by atoms with Crippen molar-refractivity contribution in [1.82, 2.24) is 15.1 Å². The van der Waals surface area contributed by atoms with Crippen LogP contribution in [0.4, 0.5) is 5.69 Å². The molecular weight excluding hydrogens is 288 g/mol. The zero-order chi connectivity index (χ0) is 16.8. The van der Waals surface area contributed by atoms with Crippen molar-refractivity contribution in [3.63, 3.8) is 0 Å². The van der Waals surface area contributed by atoms with Crippen LogP contribution < -0.4 is 10.2 Å². The molecule has 1 heterocycles. The molecule has 124 valence electrons. The number of aromatic nitrogens is 2. The fraction of sp³-hybridized carbons (Fsp3) is 0.444. The van der Waals surface area contributed by atoms with Crippen molar-refractivity contribution in [2.45, 2.75) is 33.2 Å². The monoisotopic (exact) mass is 314 g/mol. The highest BCUT2D eigenvalue weighted by molar-refractivity contribution is 5.75. The molecule has 0 aliphatic rings. The molecule has 0 spiro atoms. The van der Waals surface area contributed by atoms with Crippen LogP contribution >= 0.6 is 0 Å². The third kappa shape index (κ3) is 5.13. The summed E-state index contributed by atoms with van der Waals surface area (Å²) in [4.78, 5) is 14.0. The molecule has 0 aliphatic carbocycles. The van der Waals surface area contributed by atoms with Crippen molar-refractivity contribution in [2.75, 3.05) is 25.5 Å². The number of anilines is 1. The Kier molecular flexibility index (Phi) is 5.79. The molecule has 1 amide bonds. The lowest BCUT2D eigenvalue weighted by Crippen LogP contribution is -2.29. The first-order chi connectivity index (χ1) is 11.0. The second kappa shape index (κ2) is 7.81. The predicted octanol–water partition coefficient (Wildman–Crippen LogP) is 2.31. The number of carbonyl (C=O) groups is 1. The van der Waals surface area contributed by atoms with Gasteiger partial charge in [0.15, 0.2) is 0 Å². The van der Waals surface area contributed by atoms with E-state index in [0.29, 0.717) is 6.54 Å². The second-order valence-corrected chi connectivity index (χ2v) is 6.10. The number of benzene rings is 1. The Labute approximate surface area is 138 Å². The summed E-state index contributed by atoms with van der Waals surface area (Å²) in [5, 5.41) is 7.26. The average molecular weight is 314 g/mol. The summed E-state index contributed by atoms with van der Waals surface area (Å²) >= 11 is 0. The Morgan fingerprint density at radius 3 is 2.48 bits per heavy atom. The molecule has 0 saturated carbocycles. The Morgan fingerprint density at radius 1 is 1.22 bits per heavy atom. The highest BCUT2D eigenvalue weighted by Crippen LogP contribution is 2.13. The summed E-state index contributed by atoms with van der Waals surface area (Å²) in [6, 6.07) is 10.5.